The first kappa shape index (κ1) is 12.5. The Morgan fingerprint density at radius 3 is 2.72 bits per heavy atom. The maximum absolute atomic E-state index is 11.8. The van der Waals surface area contributed by atoms with Gasteiger partial charge in [0.05, 0.1) is 12.7 Å². The number of rotatable bonds is 5. The number of hydrogen-bond donors (Lipinski definition) is 1. The lowest BCUT2D eigenvalue weighted by Crippen LogP contribution is -2.22. The van der Waals surface area contributed by atoms with Crippen LogP contribution in [0.5, 0.6) is 0 Å². The molecule has 0 bridgehead atoms. The Kier molecular flexibility index (Phi) is 3.30. The van der Waals surface area contributed by atoms with E-state index in [1.54, 1.807) is 6.92 Å². The van der Waals surface area contributed by atoms with Gasteiger partial charge in [0.1, 0.15) is 5.76 Å². The smallest absolute Gasteiger partial charge is 0.274 e. The fourth-order valence-corrected chi connectivity index (χ4v) is 2.16. The summed E-state index contributed by atoms with van der Waals surface area (Å²) in [5.41, 5.74) is 0. The second-order valence-electron chi connectivity index (χ2n) is 3.46. The van der Waals surface area contributed by atoms with Gasteiger partial charge in [-0.2, -0.15) is 4.72 Å². The Labute approximate surface area is 103 Å². The van der Waals surface area contributed by atoms with E-state index < -0.39 is 10.0 Å². The molecule has 1 N–H and O–H groups in total. The summed E-state index contributed by atoms with van der Waals surface area (Å²) >= 11 is 0. The molecule has 2 rings (SSSR count). The van der Waals surface area contributed by atoms with Gasteiger partial charge >= 0.3 is 0 Å². The number of carbonyl (C=O) groups is 1. The molecule has 2 aromatic heterocycles. The van der Waals surface area contributed by atoms with Crippen LogP contribution in [0.1, 0.15) is 22.2 Å². The van der Waals surface area contributed by atoms with Crippen molar-refractivity contribution in [2.24, 2.45) is 0 Å². The number of sulfonamides is 1. The Morgan fingerprint density at radius 2 is 2.17 bits per heavy atom. The SMILES string of the molecule is Cc1cnc(CNS(=O)(=O)c2ccc(C=O)o2)o1. The van der Waals surface area contributed by atoms with Crippen LogP contribution in [-0.2, 0) is 16.6 Å². The summed E-state index contributed by atoms with van der Waals surface area (Å²) in [7, 11) is -3.81. The second-order valence-corrected chi connectivity index (χ2v) is 5.16. The molecule has 2 aromatic rings. The molecular formula is C10H10N2O5S. The third-order valence-electron chi connectivity index (χ3n) is 2.07. The minimum absolute atomic E-state index is 0.0534. The van der Waals surface area contributed by atoms with Crippen molar-refractivity contribution in [2.75, 3.05) is 0 Å². The van der Waals surface area contributed by atoms with Gasteiger partial charge in [-0.05, 0) is 19.1 Å². The van der Waals surface area contributed by atoms with Crippen LogP contribution in [0, 0.1) is 6.92 Å². The van der Waals surface area contributed by atoms with Gasteiger partial charge in [0, 0.05) is 0 Å². The highest BCUT2D eigenvalue weighted by atomic mass is 32.2. The number of aldehydes is 1. The molecule has 0 amide bonds. The van der Waals surface area contributed by atoms with E-state index in [4.69, 9.17) is 8.83 Å². The highest BCUT2D eigenvalue weighted by molar-refractivity contribution is 7.89. The van der Waals surface area contributed by atoms with Gasteiger partial charge in [-0.25, -0.2) is 13.4 Å². The first-order valence-corrected chi connectivity index (χ1v) is 6.45. The van der Waals surface area contributed by atoms with E-state index in [1.807, 2.05) is 0 Å². The van der Waals surface area contributed by atoms with Crippen molar-refractivity contribution in [1.29, 1.82) is 0 Å². The molecule has 18 heavy (non-hydrogen) atoms. The number of aromatic nitrogens is 1. The molecule has 0 aliphatic rings. The van der Waals surface area contributed by atoms with Crippen LogP contribution in [0.4, 0.5) is 0 Å². The number of oxazole rings is 1. The standard InChI is InChI=1S/C10H10N2O5S/c1-7-4-11-9(16-7)5-12-18(14,15)10-3-2-8(6-13)17-10/h2-4,6,12H,5H2,1H3. The molecule has 0 aliphatic heterocycles. The van der Waals surface area contributed by atoms with E-state index in [9.17, 15) is 13.2 Å². The molecule has 0 fully saturated rings. The third kappa shape index (κ3) is 2.66. The van der Waals surface area contributed by atoms with Crippen LogP contribution in [-0.4, -0.2) is 19.7 Å². The number of furan rings is 1. The summed E-state index contributed by atoms with van der Waals surface area (Å²) in [6.45, 7) is 1.61. The topological polar surface area (TPSA) is 102 Å². The number of aryl methyl sites for hydroxylation is 1. The molecule has 0 saturated carbocycles. The summed E-state index contributed by atoms with van der Waals surface area (Å²) in [5, 5.41) is -0.326. The lowest BCUT2D eigenvalue weighted by molar-refractivity contribution is 0.109. The molecule has 0 unspecified atom stereocenters. The maximum atomic E-state index is 11.8. The second kappa shape index (κ2) is 4.75. The van der Waals surface area contributed by atoms with Crippen molar-refractivity contribution in [3.8, 4) is 0 Å². The summed E-state index contributed by atoms with van der Waals surface area (Å²) in [4.78, 5) is 14.2. The predicted molar refractivity (Wildman–Crippen MR) is 59.4 cm³/mol. The Morgan fingerprint density at radius 1 is 1.39 bits per heavy atom. The van der Waals surface area contributed by atoms with Crippen LogP contribution in [0.2, 0.25) is 0 Å². The van der Waals surface area contributed by atoms with E-state index in [1.165, 1.54) is 18.3 Å². The molecule has 2 heterocycles. The van der Waals surface area contributed by atoms with E-state index in [0.717, 1.165) is 0 Å². The van der Waals surface area contributed by atoms with Crippen molar-refractivity contribution >= 4 is 16.3 Å². The largest absolute Gasteiger partial charge is 0.445 e. The highest BCUT2D eigenvalue weighted by Gasteiger charge is 2.19. The monoisotopic (exact) mass is 270 g/mol. The zero-order chi connectivity index (χ0) is 13.2. The zero-order valence-electron chi connectivity index (χ0n) is 9.41. The molecule has 7 nitrogen and oxygen atoms in total. The quantitative estimate of drug-likeness (QED) is 0.808. The minimum atomic E-state index is -3.81. The van der Waals surface area contributed by atoms with E-state index in [-0.39, 0.29) is 23.3 Å². The number of nitrogens with zero attached hydrogens (tertiary/aromatic N) is 1. The molecule has 0 aliphatic carbocycles. The Bertz CT molecular complexity index is 655. The first-order chi connectivity index (χ1) is 8.51. The first-order valence-electron chi connectivity index (χ1n) is 4.97. The van der Waals surface area contributed by atoms with Crippen LogP contribution < -0.4 is 4.72 Å². The Hall–Kier alpha value is -1.93. The molecule has 96 valence electrons. The molecule has 0 aromatic carbocycles. The fourth-order valence-electron chi connectivity index (χ4n) is 1.25. The van der Waals surface area contributed by atoms with E-state index in [0.29, 0.717) is 12.0 Å². The summed E-state index contributed by atoms with van der Waals surface area (Å²) < 4.78 is 35.7. The average Bonchev–Trinajstić information content (AvgIpc) is 2.95. The van der Waals surface area contributed by atoms with Crippen molar-refractivity contribution in [2.45, 2.75) is 18.6 Å². The van der Waals surface area contributed by atoms with E-state index in [2.05, 4.69) is 9.71 Å². The van der Waals surface area contributed by atoms with Gasteiger partial charge in [-0.3, -0.25) is 4.79 Å². The van der Waals surface area contributed by atoms with Crippen LogP contribution in [0.25, 0.3) is 0 Å². The number of nitrogens with one attached hydrogen (secondary N) is 1. The van der Waals surface area contributed by atoms with Gasteiger partial charge in [-0.1, -0.05) is 0 Å². The lowest BCUT2D eigenvalue weighted by atomic mass is 10.5. The van der Waals surface area contributed by atoms with Crippen molar-refractivity contribution in [3.63, 3.8) is 0 Å². The molecular weight excluding hydrogens is 260 g/mol. The fraction of sp³-hybridized carbons (Fsp3) is 0.200. The van der Waals surface area contributed by atoms with Crippen molar-refractivity contribution in [3.05, 3.63) is 35.7 Å². The van der Waals surface area contributed by atoms with Crippen molar-refractivity contribution in [1.82, 2.24) is 9.71 Å². The third-order valence-corrected chi connectivity index (χ3v) is 3.34. The van der Waals surface area contributed by atoms with Crippen LogP contribution in [0.3, 0.4) is 0 Å². The highest BCUT2D eigenvalue weighted by Crippen LogP contribution is 2.13. The lowest BCUT2D eigenvalue weighted by Gasteiger charge is -2.00. The van der Waals surface area contributed by atoms with Crippen molar-refractivity contribution < 1.29 is 22.0 Å². The van der Waals surface area contributed by atoms with E-state index >= 15 is 0 Å². The minimum Gasteiger partial charge on any atom is -0.445 e. The molecule has 8 heteroatoms. The zero-order valence-corrected chi connectivity index (χ0v) is 10.2. The average molecular weight is 270 g/mol. The molecule has 0 radical (unpaired) electrons. The number of hydrogen-bond acceptors (Lipinski definition) is 6. The summed E-state index contributed by atoms with van der Waals surface area (Å²) in [6, 6.07) is 2.48. The van der Waals surface area contributed by atoms with Gasteiger partial charge in [0.25, 0.3) is 10.0 Å². The van der Waals surface area contributed by atoms with Gasteiger partial charge < -0.3 is 8.83 Å². The Balaban J connectivity index is 2.09. The number of carbonyl (C=O) groups excluding carboxylic acids is 1. The van der Waals surface area contributed by atoms with Gasteiger partial charge in [-0.15, -0.1) is 0 Å². The normalized spacial score (nSPS) is 11.6. The van der Waals surface area contributed by atoms with Crippen LogP contribution in [0.15, 0.2) is 32.3 Å². The summed E-state index contributed by atoms with van der Waals surface area (Å²) in [6.07, 6.45) is 1.91. The molecule has 0 spiro atoms. The summed E-state index contributed by atoms with van der Waals surface area (Å²) in [5.74, 6) is 0.783. The molecule has 0 saturated heterocycles. The maximum Gasteiger partial charge on any atom is 0.274 e. The van der Waals surface area contributed by atoms with Gasteiger partial charge in [0.15, 0.2) is 12.0 Å². The van der Waals surface area contributed by atoms with Gasteiger partial charge in [0.2, 0.25) is 11.0 Å². The van der Waals surface area contributed by atoms with Crippen LogP contribution >= 0.6 is 0 Å². The molecule has 0 atom stereocenters. The predicted octanol–water partition coefficient (Wildman–Crippen LogP) is 0.867.